The van der Waals surface area contributed by atoms with Crippen LogP contribution in [0.4, 0.5) is 0 Å². The second kappa shape index (κ2) is 5.96. The van der Waals surface area contributed by atoms with Crippen molar-refractivity contribution in [1.29, 1.82) is 0 Å². The second-order valence-electron chi connectivity index (χ2n) is 6.14. The summed E-state index contributed by atoms with van der Waals surface area (Å²) in [4.78, 5) is 14.7. The molecule has 1 aliphatic heterocycles. The predicted molar refractivity (Wildman–Crippen MR) is 93.1 cm³/mol. The summed E-state index contributed by atoms with van der Waals surface area (Å²) in [6.45, 7) is 2.83. The van der Waals surface area contributed by atoms with Crippen LogP contribution in [0.1, 0.15) is 34.1 Å². The van der Waals surface area contributed by atoms with Crippen molar-refractivity contribution >= 4 is 5.91 Å². The number of likely N-dealkylation sites (tertiary alicyclic amines) is 1. The van der Waals surface area contributed by atoms with Gasteiger partial charge in [0.2, 0.25) is 0 Å². The molecule has 0 spiro atoms. The molecule has 2 aromatic carbocycles. The number of hydrogen-bond acceptors (Lipinski definition) is 2. The van der Waals surface area contributed by atoms with Gasteiger partial charge in [0, 0.05) is 24.0 Å². The van der Waals surface area contributed by atoms with Gasteiger partial charge in [-0.3, -0.25) is 4.79 Å². The Morgan fingerprint density at radius 2 is 1.79 bits per heavy atom. The van der Waals surface area contributed by atoms with Crippen molar-refractivity contribution in [3.05, 3.63) is 83.7 Å². The van der Waals surface area contributed by atoms with E-state index in [1.54, 1.807) is 6.20 Å². The van der Waals surface area contributed by atoms with Crippen molar-refractivity contribution in [2.24, 2.45) is 0 Å². The van der Waals surface area contributed by atoms with Gasteiger partial charge in [-0.15, -0.1) is 0 Å². The van der Waals surface area contributed by atoms with Crippen LogP contribution in [0.3, 0.4) is 0 Å². The number of amides is 1. The molecule has 4 nitrogen and oxygen atoms in total. The maximum atomic E-state index is 12.8. The summed E-state index contributed by atoms with van der Waals surface area (Å²) < 4.78 is 1.87. The first kappa shape index (κ1) is 14.7. The van der Waals surface area contributed by atoms with Gasteiger partial charge in [0.1, 0.15) is 0 Å². The van der Waals surface area contributed by atoms with Crippen molar-refractivity contribution in [3.63, 3.8) is 0 Å². The zero-order chi connectivity index (χ0) is 16.5. The molecule has 4 heteroatoms. The SMILES string of the molecule is Cc1ccnn1-c1ccc(C(=O)N2CCC2c2ccccc2)cc1. The van der Waals surface area contributed by atoms with E-state index in [0.717, 1.165) is 29.9 Å². The van der Waals surface area contributed by atoms with Crippen molar-refractivity contribution in [2.75, 3.05) is 6.54 Å². The van der Waals surface area contributed by atoms with Crippen LogP contribution >= 0.6 is 0 Å². The molecule has 0 aliphatic carbocycles. The van der Waals surface area contributed by atoms with E-state index in [4.69, 9.17) is 0 Å². The van der Waals surface area contributed by atoms with Crippen LogP contribution < -0.4 is 0 Å². The summed E-state index contributed by atoms with van der Waals surface area (Å²) in [5.41, 5.74) is 3.98. The molecule has 24 heavy (non-hydrogen) atoms. The van der Waals surface area contributed by atoms with Crippen LogP contribution in [0.2, 0.25) is 0 Å². The molecule has 4 rings (SSSR count). The van der Waals surface area contributed by atoms with Crippen molar-refractivity contribution < 1.29 is 4.79 Å². The van der Waals surface area contributed by atoms with Gasteiger partial charge in [0.25, 0.3) is 5.91 Å². The molecule has 3 aromatic rings. The largest absolute Gasteiger partial charge is 0.331 e. The zero-order valence-corrected chi connectivity index (χ0v) is 13.6. The highest BCUT2D eigenvalue weighted by Crippen LogP contribution is 2.34. The Hall–Kier alpha value is -2.88. The maximum absolute atomic E-state index is 12.8. The maximum Gasteiger partial charge on any atom is 0.254 e. The van der Waals surface area contributed by atoms with Crippen LogP contribution in [0, 0.1) is 6.92 Å². The van der Waals surface area contributed by atoms with Crippen molar-refractivity contribution in [2.45, 2.75) is 19.4 Å². The molecule has 0 bridgehead atoms. The molecule has 120 valence electrons. The summed E-state index contributed by atoms with van der Waals surface area (Å²) in [7, 11) is 0. The number of aromatic nitrogens is 2. The van der Waals surface area contributed by atoms with Gasteiger partial charge in [-0.1, -0.05) is 30.3 Å². The van der Waals surface area contributed by atoms with Gasteiger partial charge >= 0.3 is 0 Å². The third kappa shape index (κ3) is 2.50. The van der Waals surface area contributed by atoms with Crippen molar-refractivity contribution in [3.8, 4) is 5.69 Å². The average Bonchev–Trinajstić information content (AvgIpc) is 3.01. The Labute approximate surface area is 141 Å². The molecule has 2 heterocycles. The number of carbonyl (C=O) groups excluding carboxylic acids is 1. The number of hydrogen-bond donors (Lipinski definition) is 0. The van der Waals surface area contributed by atoms with Crippen LogP contribution in [0.15, 0.2) is 66.9 Å². The third-order valence-corrected chi connectivity index (χ3v) is 4.66. The van der Waals surface area contributed by atoms with Crippen LogP contribution in [0.5, 0.6) is 0 Å². The van der Waals surface area contributed by atoms with Crippen LogP contribution in [-0.2, 0) is 0 Å². The first-order valence-electron chi connectivity index (χ1n) is 8.21. The molecule has 1 aromatic heterocycles. The van der Waals surface area contributed by atoms with E-state index in [9.17, 15) is 4.79 Å². The van der Waals surface area contributed by atoms with E-state index in [1.807, 2.05) is 65.0 Å². The van der Waals surface area contributed by atoms with E-state index >= 15 is 0 Å². The fourth-order valence-corrected chi connectivity index (χ4v) is 3.20. The summed E-state index contributed by atoms with van der Waals surface area (Å²) in [6.07, 6.45) is 2.80. The lowest BCUT2D eigenvalue weighted by Gasteiger charge is -2.41. The first-order chi connectivity index (χ1) is 11.7. The van der Waals surface area contributed by atoms with E-state index in [1.165, 1.54) is 5.56 Å². The molecule has 1 amide bonds. The fourth-order valence-electron chi connectivity index (χ4n) is 3.20. The monoisotopic (exact) mass is 317 g/mol. The Kier molecular flexibility index (Phi) is 3.65. The lowest BCUT2D eigenvalue weighted by Crippen LogP contribution is -2.45. The van der Waals surface area contributed by atoms with E-state index in [-0.39, 0.29) is 11.9 Å². The number of rotatable bonds is 3. The molecule has 1 fully saturated rings. The van der Waals surface area contributed by atoms with Crippen LogP contribution in [-0.4, -0.2) is 27.1 Å². The van der Waals surface area contributed by atoms with E-state index in [0.29, 0.717) is 0 Å². The summed E-state index contributed by atoms with van der Waals surface area (Å²) >= 11 is 0. The quantitative estimate of drug-likeness (QED) is 0.737. The Morgan fingerprint density at radius 1 is 1.04 bits per heavy atom. The minimum absolute atomic E-state index is 0.0961. The van der Waals surface area contributed by atoms with Crippen LogP contribution in [0.25, 0.3) is 5.69 Å². The summed E-state index contributed by atoms with van der Waals surface area (Å²) in [5, 5.41) is 4.30. The van der Waals surface area contributed by atoms with Gasteiger partial charge in [-0.25, -0.2) is 4.68 Å². The standard InChI is InChI=1S/C20H19N3O/c1-15-11-13-21-23(15)18-9-7-17(8-10-18)20(24)22-14-12-19(22)16-5-3-2-4-6-16/h2-11,13,19H,12,14H2,1H3. The van der Waals surface area contributed by atoms with Gasteiger partial charge in [-0.2, -0.15) is 5.10 Å². The van der Waals surface area contributed by atoms with E-state index < -0.39 is 0 Å². The van der Waals surface area contributed by atoms with Gasteiger partial charge < -0.3 is 4.90 Å². The number of carbonyl (C=O) groups is 1. The lowest BCUT2D eigenvalue weighted by molar-refractivity contribution is 0.0460. The minimum atomic E-state index is 0.0961. The molecule has 1 aliphatic rings. The highest BCUT2D eigenvalue weighted by atomic mass is 16.2. The first-order valence-corrected chi connectivity index (χ1v) is 8.21. The number of nitrogens with zero attached hydrogens (tertiary/aromatic N) is 3. The normalized spacial score (nSPS) is 16.7. The molecule has 1 unspecified atom stereocenters. The molecule has 0 saturated carbocycles. The zero-order valence-electron chi connectivity index (χ0n) is 13.6. The average molecular weight is 317 g/mol. The topological polar surface area (TPSA) is 38.1 Å². The smallest absolute Gasteiger partial charge is 0.254 e. The summed E-state index contributed by atoms with van der Waals surface area (Å²) in [6, 6.07) is 20.1. The molecular formula is C20H19N3O. The van der Waals surface area contributed by atoms with E-state index in [2.05, 4.69) is 17.2 Å². The fraction of sp³-hybridized carbons (Fsp3) is 0.200. The second-order valence-corrected chi connectivity index (χ2v) is 6.14. The minimum Gasteiger partial charge on any atom is -0.331 e. The third-order valence-electron chi connectivity index (χ3n) is 4.66. The Morgan fingerprint density at radius 3 is 2.38 bits per heavy atom. The summed E-state index contributed by atoms with van der Waals surface area (Å²) in [5.74, 6) is 0.0961. The Bertz CT molecular complexity index is 852. The highest BCUT2D eigenvalue weighted by Gasteiger charge is 2.33. The van der Waals surface area contributed by atoms with Gasteiger partial charge in [0.15, 0.2) is 0 Å². The van der Waals surface area contributed by atoms with Crippen molar-refractivity contribution in [1.82, 2.24) is 14.7 Å². The van der Waals surface area contributed by atoms with Gasteiger partial charge in [0.05, 0.1) is 11.7 Å². The lowest BCUT2D eigenvalue weighted by atomic mass is 9.93. The highest BCUT2D eigenvalue weighted by molar-refractivity contribution is 5.95. The molecule has 0 N–H and O–H groups in total. The Balaban J connectivity index is 1.54. The van der Waals surface area contributed by atoms with Gasteiger partial charge in [-0.05, 0) is 49.2 Å². The molecule has 0 radical (unpaired) electrons. The number of benzene rings is 2. The molecular weight excluding hydrogens is 298 g/mol. The molecule has 1 saturated heterocycles. The number of aryl methyl sites for hydroxylation is 1. The predicted octanol–water partition coefficient (Wildman–Crippen LogP) is 3.77. The molecule has 1 atom stereocenters.